The van der Waals surface area contributed by atoms with Crippen molar-refractivity contribution in [1.82, 2.24) is 9.78 Å². The van der Waals surface area contributed by atoms with E-state index in [1.54, 1.807) is 6.20 Å². The Morgan fingerprint density at radius 2 is 2.33 bits per heavy atom. The Hall–Kier alpha value is -1.41. The Morgan fingerprint density at radius 3 is 2.90 bits per heavy atom. The van der Waals surface area contributed by atoms with Gasteiger partial charge in [-0.05, 0) is 41.7 Å². The molecular weight excluding hydrogens is 340 g/mol. The van der Waals surface area contributed by atoms with E-state index >= 15 is 0 Å². The summed E-state index contributed by atoms with van der Waals surface area (Å²) in [4.78, 5) is 25.6. The molecular formula is C13H19BrN4O3. The van der Waals surface area contributed by atoms with E-state index in [-0.39, 0.29) is 12.1 Å². The van der Waals surface area contributed by atoms with Crippen LogP contribution in [0.4, 0.5) is 5.69 Å². The fraction of sp³-hybridized carbons (Fsp3) is 0.615. The van der Waals surface area contributed by atoms with E-state index in [0.717, 1.165) is 23.3 Å². The predicted molar refractivity (Wildman–Crippen MR) is 82.2 cm³/mol. The monoisotopic (exact) mass is 358 g/mol. The number of esters is 1. The second kappa shape index (κ2) is 6.57. The highest BCUT2D eigenvalue weighted by molar-refractivity contribution is 9.10. The number of hydrogen-bond donors (Lipinski definition) is 1. The molecule has 2 unspecified atom stereocenters. The number of hydrogen-bond acceptors (Lipinski definition) is 6. The number of anilines is 1. The van der Waals surface area contributed by atoms with Gasteiger partial charge in [-0.25, -0.2) is 4.68 Å². The lowest BCUT2D eigenvalue weighted by molar-refractivity contribution is -0.141. The van der Waals surface area contributed by atoms with Crippen LogP contribution in [-0.2, 0) is 16.1 Å². The summed E-state index contributed by atoms with van der Waals surface area (Å²) in [7, 11) is 1.27. The number of nitrogens with two attached hydrogens (primary N) is 1. The minimum absolute atomic E-state index is 0.199. The number of rotatable bonds is 4. The van der Waals surface area contributed by atoms with Gasteiger partial charge in [0.25, 0.3) is 5.56 Å². The summed E-state index contributed by atoms with van der Waals surface area (Å²) >= 11 is 3.32. The summed E-state index contributed by atoms with van der Waals surface area (Å²) in [6.07, 6.45) is 2.60. The smallest absolute Gasteiger partial charge is 0.327 e. The maximum atomic E-state index is 12.2. The van der Waals surface area contributed by atoms with Gasteiger partial charge in [-0.1, -0.05) is 0 Å². The summed E-state index contributed by atoms with van der Waals surface area (Å²) in [6.45, 7) is 3.33. The third-order valence-electron chi connectivity index (χ3n) is 3.78. The largest absolute Gasteiger partial charge is 0.468 e. The number of halogens is 1. The number of carbonyl (C=O) groups is 1. The summed E-state index contributed by atoms with van der Waals surface area (Å²) in [5, 5.41) is 4.06. The first-order chi connectivity index (χ1) is 9.97. The number of aromatic nitrogens is 2. The first kappa shape index (κ1) is 16.0. The highest BCUT2D eigenvalue weighted by atomic mass is 79.9. The lowest BCUT2D eigenvalue weighted by Gasteiger charge is -2.24. The van der Waals surface area contributed by atoms with Crippen molar-refractivity contribution in [2.75, 3.05) is 25.1 Å². The van der Waals surface area contributed by atoms with Crippen LogP contribution in [0.3, 0.4) is 0 Å². The maximum Gasteiger partial charge on any atom is 0.327 e. The summed E-state index contributed by atoms with van der Waals surface area (Å²) < 4.78 is 6.04. The van der Waals surface area contributed by atoms with Crippen LogP contribution in [0.1, 0.15) is 13.3 Å². The van der Waals surface area contributed by atoms with Gasteiger partial charge in [-0.15, -0.1) is 0 Å². The van der Waals surface area contributed by atoms with Crippen LogP contribution >= 0.6 is 15.9 Å². The second-order valence-electron chi connectivity index (χ2n) is 5.22. The van der Waals surface area contributed by atoms with Gasteiger partial charge in [0.2, 0.25) is 0 Å². The molecule has 0 bridgehead atoms. The topological polar surface area (TPSA) is 90.5 Å². The Labute approximate surface area is 131 Å². The van der Waals surface area contributed by atoms with Crippen LogP contribution in [0.25, 0.3) is 0 Å². The first-order valence-corrected chi connectivity index (χ1v) is 7.56. The number of ether oxygens (including phenoxy) is 1. The minimum atomic E-state index is -0.512. The van der Waals surface area contributed by atoms with Crippen LogP contribution in [0.5, 0.6) is 0 Å². The van der Waals surface area contributed by atoms with E-state index in [9.17, 15) is 9.59 Å². The normalized spacial score (nSPS) is 21.6. The van der Waals surface area contributed by atoms with Crippen molar-refractivity contribution in [2.45, 2.75) is 25.9 Å². The molecule has 2 heterocycles. The standard InChI is InChI=1S/C13H19BrN4O3/c1-8-3-9(4-15)6-17(8)10-5-16-18(7-11(19)21-2)13(20)12(10)14/h5,8-9H,3-4,6-7,15H2,1-2H3. The molecule has 0 aromatic carbocycles. The molecule has 8 heteroatoms. The van der Waals surface area contributed by atoms with Gasteiger partial charge in [0.05, 0.1) is 19.0 Å². The molecule has 2 N–H and O–H groups in total. The third kappa shape index (κ3) is 3.26. The molecule has 2 atom stereocenters. The van der Waals surface area contributed by atoms with Gasteiger partial charge in [0.1, 0.15) is 11.0 Å². The van der Waals surface area contributed by atoms with E-state index in [0.29, 0.717) is 23.0 Å². The van der Waals surface area contributed by atoms with Crippen molar-refractivity contribution < 1.29 is 9.53 Å². The van der Waals surface area contributed by atoms with Crippen molar-refractivity contribution in [2.24, 2.45) is 11.7 Å². The molecule has 1 aromatic heterocycles. The average Bonchev–Trinajstić information content (AvgIpc) is 2.85. The van der Waals surface area contributed by atoms with E-state index in [1.807, 2.05) is 0 Å². The Balaban J connectivity index is 2.29. The highest BCUT2D eigenvalue weighted by Gasteiger charge is 2.30. The second-order valence-corrected chi connectivity index (χ2v) is 6.01. The molecule has 0 saturated carbocycles. The Kier molecular flexibility index (Phi) is 5.00. The number of methoxy groups -OCH3 is 1. The van der Waals surface area contributed by atoms with E-state index in [4.69, 9.17) is 5.73 Å². The summed E-state index contributed by atoms with van der Waals surface area (Å²) in [5.41, 5.74) is 6.12. The summed E-state index contributed by atoms with van der Waals surface area (Å²) in [6, 6.07) is 0.299. The van der Waals surface area contributed by atoms with Gasteiger partial charge in [0, 0.05) is 12.6 Å². The molecule has 0 radical (unpaired) electrons. The molecule has 0 spiro atoms. The van der Waals surface area contributed by atoms with Crippen LogP contribution in [0, 0.1) is 5.92 Å². The quantitative estimate of drug-likeness (QED) is 0.781. The van der Waals surface area contributed by atoms with Crippen molar-refractivity contribution in [3.8, 4) is 0 Å². The molecule has 1 fully saturated rings. The van der Waals surface area contributed by atoms with Gasteiger partial charge < -0.3 is 15.4 Å². The Bertz CT molecular complexity index is 589. The van der Waals surface area contributed by atoms with Crippen molar-refractivity contribution in [3.05, 3.63) is 21.0 Å². The van der Waals surface area contributed by atoms with Gasteiger partial charge in [0.15, 0.2) is 0 Å². The molecule has 2 rings (SSSR count). The fourth-order valence-electron chi connectivity index (χ4n) is 2.60. The van der Waals surface area contributed by atoms with Crippen molar-refractivity contribution in [1.29, 1.82) is 0 Å². The number of carbonyl (C=O) groups excluding carboxylic acids is 1. The van der Waals surface area contributed by atoms with Crippen molar-refractivity contribution in [3.63, 3.8) is 0 Å². The zero-order chi connectivity index (χ0) is 15.6. The predicted octanol–water partition coefficient (Wildman–Crippen LogP) is 0.352. The van der Waals surface area contributed by atoms with Gasteiger partial charge in [-0.3, -0.25) is 9.59 Å². The van der Waals surface area contributed by atoms with Crippen molar-refractivity contribution >= 4 is 27.6 Å². The van der Waals surface area contributed by atoms with E-state index in [1.165, 1.54) is 7.11 Å². The highest BCUT2D eigenvalue weighted by Crippen LogP contribution is 2.31. The molecule has 1 aromatic rings. The lowest BCUT2D eigenvalue weighted by atomic mass is 10.1. The first-order valence-electron chi connectivity index (χ1n) is 6.77. The van der Waals surface area contributed by atoms with Gasteiger partial charge >= 0.3 is 5.97 Å². The zero-order valence-corrected chi connectivity index (χ0v) is 13.7. The third-order valence-corrected chi connectivity index (χ3v) is 4.52. The zero-order valence-electron chi connectivity index (χ0n) is 12.1. The molecule has 7 nitrogen and oxygen atoms in total. The maximum absolute atomic E-state index is 12.2. The fourth-order valence-corrected chi connectivity index (χ4v) is 3.14. The average molecular weight is 359 g/mol. The Morgan fingerprint density at radius 1 is 1.62 bits per heavy atom. The molecule has 1 aliphatic rings. The molecule has 1 aliphatic heterocycles. The minimum Gasteiger partial charge on any atom is -0.468 e. The van der Waals surface area contributed by atoms with Crippen LogP contribution < -0.4 is 16.2 Å². The molecule has 116 valence electrons. The molecule has 0 amide bonds. The summed E-state index contributed by atoms with van der Waals surface area (Å²) in [5.74, 6) is -0.0913. The SMILES string of the molecule is COC(=O)Cn1ncc(N2CC(CN)CC2C)c(Br)c1=O. The van der Waals surface area contributed by atoms with Crippen LogP contribution in [0.2, 0.25) is 0 Å². The molecule has 1 saturated heterocycles. The van der Waals surface area contributed by atoms with Gasteiger partial charge in [-0.2, -0.15) is 5.10 Å². The molecule has 21 heavy (non-hydrogen) atoms. The van der Waals surface area contributed by atoms with Crippen LogP contribution in [-0.4, -0.2) is 42.0 Å². The van der Waals surface area contributed by atoms with E-state index < -0.39 is 5.97 Å². The lowest BCUT2D eigenvalue weighted by Crippen LogP contribution is -2.33. The molecule has 0 aliphatic carbocycles. The van der Waals surface area contributed by atoms with Crippen LogP contribution in [0.15, 0.2) is 15.5 Å². The number of nitrogens with zero attached hydrogens (tertiary/aromatic N) is 3. The van der Waals surface area contributed by atoms with E-state index in [2.05, 4.69) is 37.6 Å².